The van der Waals surface area contributed by atoms with Gasteiger partial charge in [0.1, 0.15) is 5.82 Å². The molecule has 0 aliphatic heterocycles. The van der Waals surface area contributed by atoms with Gasteiger partial charge in [0.05, 0.1) is 0 Å². The molecule has 2 rings (SSSR count). The predicted molar refractivity (Wildman–Crippen MR) is 61.2 cm³/mol. The molecule has 0 fully saturated rings. The summed E-state index contributed by atoms with van der Waals surface area (Å²) in [4.78, 5) is 0. The van der Waals surface area contributed by atoms with Crippen LogP contribution in [-0.2, 0) is 0 Å². The Hall–Kier alpha value is -1.77. The minimum atomic E-state index is -1.12. The van der Waals surface area contributed by atoms with Crippen LogP contribution in [-0.4, -0.2) is 0 Å². The molecule has 0 aliphatic rings. The molecule has 0 radical (unpaired) electrons. The molecule has 0 aliphatic carbocycles. The largest absolute Gasteiger partial charge is 0.207 e. The topological polar surface area (TPSA) is 0 Å². The van der Waals surface area contributed by atoms with Crippen LogP contribution in [0.1, 0.15) is 11.1 Å². The minimum Gasteiger partial charge on any atom is -0.207 e. The van der Waals surface area contributed by atoms with Crippen molar-refractivity contribution in [2.45, 2.75) is 13.8 Å². The summed E-state index contributed by atoms with van der Waals surface area (Å²) >= 11 is 0. The normalized spacial score (nSPS) is 10.6. The third-order valence-electron chi connectivity index (χ3n) is 2.75. The first-order chi connectivity index (χ1) is 8.00. The van der Waals surface area contributed by atoms with E-state index in [0.29, 0.717) is 5.56 Å². The molecule has 3 heteroatoms. The van der Waals surface area contributed by atoms with Gasteiger partial charge in [-0.2, -0.15) is 0 Å². The molecule has 2 aromatic carbocycles. The van der Waals surface area contributed by atoms with Crippen LogP contribution in [0, 0.1) is 31.3 Å². The quantitative estimate of drug-likeness (QED) is 0.644. The van der Waals surface area contributed by atoms with Crippen molar-refractivity contribution in [2.24, 2.45) is 0 Å². The van der Waals surface area contributed by atoms with Gasteiger partial charge >= 0.3 is 0 Å². The lowest BCUT2D eigenvalue weighted by atomic mass is 10.0. The average Bonchev–Trinajstić information content (AvgIpc) is 2.32. The van der Waals surface area contributed by atoms with E-state index in [1.165, 1.54) is 6.92 Å². The van der Waals surface area contributed by atoms with Gasteiger partial charge in [0, 0.05) is 11.1 Å². The molecule has 0 unspecified atom stereocenters. The van der Waals surface area contributed by atoms with Crippen LogP contribution in [0.4, 0.5) is 13.2 Å². The average molecular weight is 236 g/mol. The zero-order valence-electron chi connectivity index (χ0n) is 9.52. The highest BCUT2D eigenvalue weighted by Gasteiger charge is 2.16. The molecule has 2 aromatic rings. The maximum atomic E-state index is 13.7. The van der Waals surface area contributed by atoms with E-state index in [1.54, 1.807) is 24.3 Å². The second-order valence-corrected chi connectivity index (χ2v) is 4.02. The summed E-state index contributed by atoms with van der Waals surface area (Å²) in [5.74, 6) is -2.87. The third-order valence-corrected chi connectivity index (χ3v) is 2.75. The van der Waals surface area contributed by atoms with Gasteiger partial charge in [-0.1, -0.05) is 29.8 Å². The van der Waals surface area contributed by atoms with E-state index in [9.17, 15) is 13.2 Å². The Kier molecular flexibility index (Phi) is 2.92. The third kappa shape index (κ3) is 2.05. The predicted octanol–water partition coefficient (Wildman–Crippen LogP) is 4.39. The van der Waals surface area contributed by atoms with E-state index >= 15 is 0 Å². The first-order valence-corrected chi connectivity index (χ1v) is 5.22. The van der Waals surface area contributed by atoms with Gasteiger partial charge in [0.15, 0.2) is 11.6 Å². The zero-order valence-corrected chi connectivity index (χ0v) is 9.52. The van der Waals surface area contributed by atoms with Crippen molar-refractivity contribution in [1.82, 2.24) is 0 Å². The summed E-state index contributed by atoms with van der Waals surface area (Å²) in [5.41, 5.74) is 1.12. The molecule has 0 heterocycles. The van der Waals surface area contributed by atoms with Gasteiger partial charge in [0.25, 0.3) is 0 Å². The van der Waals surface area contributed by atoms with Crippen molar-refractivity contribution in [1.29, 1.82) is 0 Å². The molecule has 0 bridgehead atoms. The van der Waals surface area contributed by atoms with Crippen LogP contribution < -0.4 is 0 Å². The zero-order chi connectivity index (χ0) is 12.6. The maximum absolute atomic E-state index is 13.7. The lowest BCUT2D eigenvalue weighted by molar-refractivity contribution is 0.489. The SMILES string of the molecule is Cc1ccc(-c2cc(F)c(C)c(F)c2F)cc1. The van der Waals surface area contributed by atoms with Crippen LogP contribution >= 0.6 is 0 Å². The summed E-state index contributed by atoms with van der Waals surface area (Å²) < 4.78 is 40.5. The van der Waals surface area contributed by atoms with Crippen molar-refractivity contribution in [3.63, 3.8) is 0 Å². The number of hydrogen-bond donors (Lipinski definition) is 0. The number of halogens is 3. The Labute approximate surface area is 97.7 Å². The highest BCUT2D eigenvalue weighted by molar-refractivity contribution is 5.65. The van der Waals surface area contributed by atoms with E-state index in [0.717, 1.165) is 11.6 Å². The van der Waals surface area contributed by atoms with Gasteiger partial charge < -0.3 is 0 Å². The van der Waals surface area contributed by atoms with Crippen LogP contribution in [0.15, 0.2) is 30.3 Å². The highest BCUT2D eigenvalue weighted by Crippen LogP contribution is 2.28. The minimum absolute atomic E-state index is 0.0504. The van der Waals surface area contributed by atoms with Crippen molar-refractivity contribution >= 4 is 0 Å². The van der Waals surface area contributed by atoms with E-state index in [4.69, 9.17) is 0 Å². The molecule has 0 spiro atoms. The Bertz CT molecular complexity index is 557. The second kappa shape index (κ2) is 4.24. The first kappa shape index (κ1) is 11.7. The van der Waals surface area contributed by atoms with Gasteiger partial charge in [-0.05, 0) is 25.5 Å². The van der Waals surface area contributed by atoms with Gasteiger partial charge in [-0.15, -0.1) is 0 Å². The van der Waals surface area contributed by atoms with Crippen molar-refractivity contribution < 1.29 is 13.2 Å². The van der Waals surface area contributed by atoms with E-state index in [1.807, 2.05) is 6.92 Å². The molecule has 0 atom stereocenters. The molecule has 17 heavy (non-hydrogen) atoms. The summed E-state index contributed by atoms with van der Waals surface area (Å²) in [6, 6.07) is 7.84. The van der Waals surface area contributed by atoms with E-state index < -0.39 is 17.5 Å². The van der Waals surface area contributed by atoms with Crippen molar-refractivity contribution in [2.75, 3.05) is 0 Å². The van der Waals surface area contributed by atoms with Gasteiger partial charge in [-0.3, -0.25) is 0 Å². The molecule has 0 nitrogen and oxygen atoms in total. The number of hydrogen-bond acceptors (Lipinski definition) is 0. The Balaban J connectivity index is 2.64. The molecule has 0 saturated heterocycles. The Morgan fingerprint density at radius 1 is 0.824 bits per heavy atom. The molecule has 0 aromatic heterocycles. The number of aryl methyl sites for hydroxylation is 1. The second-order valence-electron chi connectivity index (χ2n) is 4.02. The van der Waals surface area contributed by atoms with Gasteiger partial charge in [0.2, 0.25) is 0 Å². The summed E-state index contributed by atoms with van der Waals surface area (Å²) in [6.45, 7) is 3.10. The lowest BCUT2D eigenvalue weighted by Gasteiger charge is -2.08. The standard InChI is InChI=1S/C14H11F3/c1-8-3-5-10(6-4-8)11-7-12(15)9(2)13(16)14(11)17/h3-7H,1-2H3. The molecular formula is C14H11F3. The molecule has 88 valence electrons. The molecule has 0 N–H and O–H groups in total. The molecule has 0 saturated carbocycles. The number of benzene rings is 2. The van der Waals surface area contributed by atoms with Crippen molar-refractivity contribution in [3.05, 3.63) is 58.9 Å². The number of rotatable bonds is 1. The smallest absolute Gasteiger partial charge is 0.167 e. The Morgan fingerprint density at radius 2 is 1.41 bits per heavy atom. The summed E-state index contributed by atoms with van der Waals surface area (Å²) in [7, 11) is 0. The van der Waals surface area contributed by atoms with Crippen LogP contribution in [0.5, 0.6) is 0 Å². The monoisotopic (exact) mass is 236 g/mol. The fraction of sp³-hybridized carbons (Fsp3) is 0.143. The van der Waals surface area contributed by atoms with Crippen LogP contribution in [0.25, 0.3) is 11.1 Å². The maximum Gasteiger partial charge on any atom is 0.167 e. The molecule has 0 amide bonds. The molecular weight excluding hydrogens is 225 g/mol. The first-order valence-electron chi connectivity index (χ1n) is 5.22. The van der Waals surface area contributed by atoms with Crippen LogP contribution in [0.2, 0.25) is 0 Å². The fourth-order valence-corrected chi connectivity index (χ4v) is 1.63. The fourth-order valence-electron chi connectivity index (χ4n) is 1.63. The van der Waals surface area contributed by atoms with E-state index in [-0.39, 0.29) is 11.1 Å². The van der Waals surface area contributed by atoms with Crippen LogP contribution in [0.3, 0.4) is 0 Å². The summed E-state index contributed by atoms with van der Waals surface area (Å²) in [5, 5.41) is 0. The van der Waals surface area contributed by atoms with Crippen molar-refractivity contribution in [3.8, 4) is 11.1 Å². The Morgan fingerprint density at radius 3 is 2.00 bits per heavy atom. The lowest BCUT2D eigenvalue weighted by Crippen LogP contribution is -1.97. The van der Waals surface area contributed by atoms with Gasteiger partial charge in [-0.25, -0.2) is 13.2 Å². The highest BCUT2D eigenvalue weighted by atomic mass is 19.2. The summed E-state index contributed by atoms with van der Waals surface area (Å²) in [6.07, 6.45) is 0. The van der Waals surface area contributed by atoms with E-state index in [2.05, 4.69) is 0 Å².